The van der Waals surface area contributed by atoms with E-state index in [0.29, 0.717) is 56.5 Å². The Bertz CT molecular complexity index is 1170. The Kier molecular flexibility index (Phi) is 16.4. The van der Waals surface area contributed by atoms with Crippen LogP contribution in [-0.4, -0.2) is 88.4 Å². The maximum absolute atomic E-state index is 8.03. The van der Waals surface area contributed by atoms with E-state index in [1.165, 1.54) is 19.1 Å². The summed E-state index contributed by atoms with van der Waals surface area (Å²) in [6.07, 6.45) is 12.1. The second-order valence-electron chi connectivity index (χ2n) is 13.9. The maximum Gasteiger partial charge on any atom is 0.227 e. The zero-order valence-electron chi connectivity index (χ0n) is 30.5. The van der Waals surface area contributed by atoms with Gasteiger partial charge in [0.2, 0.25) is 11.8 Å². The third-order valence-corrected chi connectivity index (χ3v) is 10.3. The van der Waals surface area contributed by atoms with Crippen LogP contribution >= 0.6 is 0 Å². The van der Waals surface area contributed by atoms with Crippen LogP contribution in [0.2, 0.25) is 25.7 Å². The summed E-state index contributed by atoms with van der Waals surface area (Å²) in [6.45, 7) is 24.4. The van der Waals surface area contributed by atoms with Gasteiger partial charge in [-0.15, -0.1) is 0 Å². The van der Waals surface area contributed by atoms with E-state index in [9.17, 15) is 0 Å². The number of hydrogen-bond acceptors (Lipinski definition) is 10. The van der Waals surface area contributed by atoms with Crippen LogP contribution in [0, 0.1) is 24.2 Å². The normalized spacial score (nSPS) is 17.5. The Labute approximate surface area is 280 Å². The molecule has 1 fully saturated rings. The molecule has 46 heavy (non-hydrogen) atoms. The van der Waals surface area contributed by atoms with Gasteiger partial charge in [-0.3, -0.25) is 4.99 Å². The third-order valence-electron chi connectivity index (χ3n) is 8.62. The number of anilines is 2. The summed E-state index contributed by atoms with van der Waals surface area (Å²) in [5, 5.41) is 11.5. The van der Waals surface area contributed by atoms with E-state index in [1.54, 1.807) is 7.11 Å². The van der Waals surface area contributed by atoms with Gasteiger partial charge < -0.3 is 34.6 Å². The number of allylic oxidation sites excluding steroid dienone is 4. The molecule has 1 saturated carbocycles. The molecule has 10 nitrogen and oxygen atoms in total. The summed E-state index contributed by atoms with van der Waals surface area (Å²) in [7, 11) is 0.394. The van der Waals surface area contributed by atoms with E-state index < -0.39 is 13.7 Å². The second-order valence-corrected chi connectivity index (χ2v) is 19.5. The minimum atomic E-state index is -1.27. The molecule has 0 bridgehead atoms. The Morgan fingerprint density at radius 2 is 1.89 bits per heavy atom. The van der Waals surface area contributed by atoms with Gasteiger partial charge in [0.15, 0.2) is 0 Å². The lowest BCUT2D eigenvalue weighted by molar-refractivity contribution is 0.117. The quantitative estimate of drug-likeness (QED) is 0.0310. The van der Waals surface area contributed by atoms with Gasteiger partial charge in [0, 0.05) is 40.6 Å². The molecule has 1 aliphatic rings. The number of nitrogens with one attached hydrogen (secondary N) is 2. The highest BCUT2D eigenvalue weighted by atomic mass is 28.3. The van der Waals surface area contributed by atoms with Crippen LogP contribution in [-0.2, 0) is 14.2 Å². The molecule has 1 aliphatic carbocycles. The molecule has 0 radical (unpaired) electrons. The Morgan fingerprint density at radius 3 is 2.48 bits per heavy atom. The van der Waals surface area contributed by atoms with Crippen LogP contribution in [0.5, 0.6) is 5.88 Å². The van der Waals surface area contributed by atoms with Crippen LogP contribution in [0.25, 0.3) is 0 Å². The summed E-state index contributed by atoms with van der Waals surface area (Å²) in [4.78, 5) is 17.0. The van der Waals surface area contributed by atoms with Crippen molar-refractivity contribution in [3.05, 3.63) is 29.6 Å². The van der Waals surface area contributed by atoms with E-state index in [-0.39, 0.29) is 18.0 Å². The first kappa shape index (κ1) is 39.4. The molecule has 1 aromatic heterocycles. The maximum atomic E-state index is 8.03. The highest BCUT2D eigenvalue weighted by Crippen LogP contribution is 2.34. The van der Waals surface area contributed by atoms with Gasteiger partial charge in [-0.1, -0.05) is 45.6 Å². The average molecular weight is 659 g/mol. The number of aromatic nitrogens is 2. The summed E-state index contributed by atoms with van der Waals surface area (Å²) >= 11 is 0. The number of hydrogen-bond donors (Lipinski definition) is 2. The number of rotatable bonds is 23. The van der Waals surface area contributed by atoms with Crippen molar-refractivity contribution in [2.24, 2.45) is 16.8 Å². The van der Waals surface area contributed by atoms with Crippen LogP contribution in [0.15, 0.2) is 29.0 Å². The largest absolute Gasteiger partial charge is 0.490 e. The first-order valence-electron chi connectivity index (χ1n) is 16.9. The van der Waals surface area contributed by atoms with E-state index in [0.717, 1.165) is 24.0 Å². The number of aliphatic imine (C=N–C) groups is 1. The number of methoxy groups -OCH3 is 1. The molecule has 0 saturated heterocycles. The van der Waals surface area contributed by atoms with Gasteiger partial charge in [0.1, 0.15) is 30.5 Å². The topological polar surface area (TPSA) is 114 Å². The lowest BCUT2D eigenvalue weighted by atomic mass is 9.95. The Hall–Kier alpha value is -2.76. The Morgan fingerprint density at radius 1 is 1.17 bits per heavy atom. The predicted octanol–water partition coefficient (Wildman–Crippen LogP) is 7.53. The van der Waals surface area contributed by atoms with Gasteiger partial charge in [-0.05, 0) is 77.8 Å². The number of nitrogens with zero attached hydrogens (tertiary/aromatic N) is 4. The Balaban J connectivity index is 2.47. The molecule has 2 rings (SSSR count). The lowest BCUT2D eigenvalue weighted by Crippen LogP contribution is -2.44. The summed E-state index contributed by atoms with van der Waals surface area (Å²) < 4.78 is 23.8. The fraction of sp³-hybridized carbons (Fsp3) is 0.714. The number of ether oxygens (including phenoxy) is 4. The standard InChI is InChI=1S/C35H62N6O4Si/c1-12-14-15-31(44-19-18-42-8)23-37-28(5)26(3)29(6)41(25-43-20-21-46(9,10)11)32-27(4)33(45-35(7,13-2)24-36)40-34(39-32)38-22-30-16-17-30/h12,14-15,23-24,26,28-30,36H,13,16-22,25H2,1-11H3,(H,38,39,40)/b14-12+,31-15+,36-24?,37-23-/t26-,28?,29-,35?/m1/s1. The summed E-state index contributed by atoms with van der Waals surface area (Å²) in [5.41, 5.74) is 0.0553. The van der Waals surface area contributed by atoms with Crippen LogP contribution in [0.4, 0.5) is 11.8 Å². The van der Waals surface area contributed by atoms with Gasteiger partial charge in [0.05, 0.1) is 24.4 Å². The molecule has 1 heterocycles. The van der Waals surface area contributed by atoms with E-state index in [2.05, 4.69) is 50.6 Å². The molecule has 0 aromatic carbocycles. The van der Waals surface area contributed by atoms with Crippen molar-refractivity contribution in [2.45, 2.75) is 111 Å². The van der Waals surface area contributed by atoms with Crippen LogP contribution in [0.3, 0.4) is 0 Å². The lowest BCUT2D eigenvalue weighted by Gasteiger charge is -2.37. The molecule has 0 aliphatic heterocycles. The second kappa shape index (κ2) is 19.2. The summed E-state index contributed by atoms with van der Waals surface area (Å²) in [6, 6.07) is 1.07. The van der Waals surface area contributed by atoms with E-state index in [4.69, 9.17) is 39.3 Å². The minimum absolute atomic E-state index is 0.00874. The SMILES string of the molecule is C/C=C/C=C(\C=N/C(C)[C@@H](C)[C@@H](C)N(COCC[Si](C)(C)C)c1nc(NCC2CC2)nc(OC(C)(C=N)CC)c1C)OCCOC. The zero-order valence-corrected chi connectivity index (χ0v) is 31.5. The van der Waals surface area contributed by atoms with Gasteiger partial charge in [0.25, 0.3) is 0 Å². The molecule has 11 heteroatoms. The molecule has 260 valence electrons. The van der Waals surface area contributed by atoms with Crippen molar-refractivity contribution in [3.8, 4) is 5.88 Å². The molecule has 2 N–H and O–H groups in total. The minimum Gasteiger partial charge on any atom is -0.490 e. The van der Waals surface area contributed by atoms with Gasteiger partial charge in [-0.2, -0.15) is 9.97 Å². The molecule has 0 spiro atoms. The fourth-order valence-corrected chi connectivity index (χ4v) is 5.17. The monoisotopic (exact) mass is 658 g/mol. The predicted molar refractivity (Wildman–Crippen MR) is 195 cm³/mol. The smallest absolute Gasteiger partial charge is 0.227 e. The van der Waals surface area contributed by atoms with E-state index >= 15 is 0 Å². The van der Waals surface area contributed by atoms with Crippen molar-refractivity contribution in [2.75, 3.05) is 50.4 Å². The van der Waals surface area contributed by atoms with Crippen molar-refractivity contribution in [3.63, 3.8) is 0 Å². The van der Waals surface area contributed by atoms with Crippen LogP contribution < -0.4 is 15.0 Å². The van der Waals surface area contributed by atoms with Crippen molar-refractivity contribution >= 4 is 32.3 Å². The van der Waals surface area contributed by atoms with Crippen molar-refractivity contribution in [1.29, 1.82) is 5.41 Å². The molecule has 4 atom stereocenters. The van der Waals surface area contributed by atoms with E-state index in [1.807, 2.05) is 52.1 Å². The highest BCUT2D eigenvalue weighted by molar-refractivity contribution is 6.76. The average Bonchev–Trinajstić information content (AvgIpc) is 3.86. The van der Waals surface area contributed by atoms with Gasteiger partial charge >= 0.3 is 0 Å². The first-order chi connectivity index (χ1) is 21.8. The van der Waals surface area contributed by atoms with Gasteiger partial charge in [-0.25, -0.2) is 0 Å². The molecule has 2 unspecified atom stereocenters. The zero-order chi connectivity index (χ0) is 34.3. The first-order valence-corrected chi connectivity index (χ1v) is 20.6. The third kappa shape index (κ3) is 13.5. The summed E-state index contributed by atoms with van der Waals surface area (Å²) in [5.74, 6) is 3.27. The van der Waals surface area contributed by atoms with Crippen molar-refractivity contribution < 1.29 is 18.9 Å². The fourth-order valence-electron chi connectivity index (χ4n) is 4.41. The highest BCUT2D eigenvalue weighted by Gasteiger charge is 2.31. The molecule has 0 amide bonds. The van der Waals surface area contributed by atoms with Crippen molar-refractivity contribution in [1.82, 2.24) is 9.97 Å². The van der Waals surface area contributed by atoms with Crippen LogP contribution in [0.1, 0.15) is 66.4 Å². The molecular formula is C35H62N6O4Si. The molecular weight excluding hydrogens is 597 g/mol. The molecule has 1 aromatic rings.